The molecule has 0 amide bonds. The van der Waals surface area contributed by atoms with Crippen molar-refractivity contribution in [1.82, 2.24) is 0 Å². The predicted octanol–water partition coefficient (Wildman–Crippen LogP) is 3.07. The second-order valence-electron chi connectivity index (χ2n) is 5.86. The molecule has 1 aliphatic carbocycles. The normalized spacial score (nSPS) is 24.2. The molecule has 2 rings (SSSR count). The number of rotatable bonds is 5. The van der Waals surface area contributed by atoms with Crippen molar-refractivity contribution in [2.24, 2.45) is 11.8 Å². The van der Waals surface area contributed by atoms with E-state index in [1.807, 2.05) is 0 Å². The molecule has 4 heteroatoms. The van der Waals surface area contributed by atoms with Crippen molar-refractivity contribution < 1.29 is 19.0 Å². The quantitative estimate of drug-likeness (QED) is 0.574. The highest BCUT2D eigenvalue weighted by molar-refractivity contribution is 5.81. The Morgan fingerprint density at radius 2 is 2.00 bits per heavy atom. The lowest BCUT2D eigenvalue weighted by atomic mass is 9.88. The molecule has 114 valence electrons. The van der Waals surface area contributed by atoms with E-state index in [9.17, 15) is 4.79 Å². The van der Waals surface area contributed by atoms with Gasteiger partial charge in [-0.3, -0.25) is 0 Å². The van der Waals surface area contributed by atoms with Crippen LogP contribution in [0.2, 0.25) is 0 Å². The highest BCUT2D eigenvalue weighted by atomic mass is 16.7. The van der Waals surface area contributed by atoms with Crippen molar-refractivity contribution in [3.63, 3.8) is 0 Å². The van der Waals surface area contributed by atoms with Crippen LogP contribution in [0.5, 0.6) is 0 Å². The van der Waals surface area contributed by atoms with Crippen LogP contribution in [0.15, 0.2) is 12.7 Å². The SMILES string of the molecule is C=CC(=O)OCC(CC)C1COC2(CCCCC2)OC1. The topological polar surface area (TPSA) is 44.8 Å². The summed E-state index contributed by atoms with van der Waals surface area (Å²) in [5.74, 6) is -0.0694. The molecule has 1 saturated carbocycles. The molecule has 0 bridgehead atoms. The van der Waals surface area contributed by atoms with Crippen molar-refractivity contribution >= 4 is 5.97 Å². The Morgan fingerprint density at radius 1 is 1.35 bits per heavy atom. The van der Waals surface area contributed by atoms with Crippen molar-refractivity contribution in [1.29, 1.82) is 0 Å². The van der Waals surface area contributed by atoms with E-state index in [1.165, 1.54) is 25.3 Å². The summed E-state index contributed by atoms with van der Waals surface area (Å²) in [6, 6.07) is 0. The van der Waals surface area contributed by atoms with Crippen molar-refractivity contribution in [2.45, 2.75) is 51.2 Å². The van der Waals surface area contributed by atoms with Crippen LogP contribution in [0.3, 0.4) is 0 Å². The van der Waals surface area contributed by atoms with Crippen molar-refractivity contribution in [3.05, 3.63) is 12.7 Å². The molecule has 0 aromatic heterocycles. The Kier molecular flexibility index (Phi) is 5.61. The first-order valence-electron chi connectivity index (χ1n) is 7.76. The van der Waals surface area contributed by atoms with Crippen LogP contribution in [0.1, 0.15) is 45.4 Å². The molecule has 0 radical (unpaired) electrons. The summed E-state index contributed by atoms with van der Waals surface area (Å²) < 4.78 is 17.3. The Balaban J connectivity index is 1.81. The van der Waals surface area contributed by atoms with E-state index in [-0.39, 0.29) is 11.8 Å². The van der Waals surface area contributed by atoms with Crippen LogP contribution in [0.4, 0.5) is 0 Å². The van der Waals surface area contributed by atoms with Gasteiger partial charge in [0.1, 0.15) is 0 Å². The predicted molar refractivity (Wildman–Crippen MR) is 76.1 cm³/mol. The molecule has 1 heterocycles. The molecule has 0 N–H and O–H groups in total. The van der Waals surface area contributed by atoms with Gasteiger partial charge < -0.3 is 14.2 Å². The Bertz CT molecular complexity index is 323. The van der Waals surface area contributed by atoms with E-state index < -0.39 is 0 Å². The number of hydrogen-bond acceptors (Lipinski definition) is 4. The van der Waals surface area contributed by atoms with Gasteiger partial charge in [-0.15, -0.1) is 0 Å². The first-order valence-corrected chi connectivity index (χ1v) is 7.76. The summed E-state index contributed by atoms with van der Waals surface area (Å²) in [6.45, 7) is 7.37. The van der Waals surface area contributed by atoms with Crippen molar-refractivity contribution in [2.75, 3.05) is 19.8 Å². The van der Waals surface area contributed by atoms with E-state index in [4.69, 9.17) is 14.2 Å². The molecule has 1 aliphatic heterocycles. The van der Waals surface area contributed by atoms with E-state index in [1.54, 1.807) is 0 Å². The fourth-order valence-electron chi connectivity index (χ4n) is 3.09. The van der Waals surface area contributed by atoms with Gasteiger partial charge in [-0.25, -0.2) is 4.79 Å². The van der Waals surface area contributed by atoms with Crippen LogP contribution in [0.25, 0.3) is 0 Å². The molecule has 0 aromatic rings. The first kappa shape index (κ1) is 15.5. The van der Waals surface area contributed by atoms with Crippen molar-refractivity contribution in [3.8, 4) is 0 Å². The number of carbonyl (C=O) groups is 1. The highest BCUT2D eigenvalue weighted by Crippen LogP contribution is 2.37. The van der Waals surface area contributed by atoms with Gasteiger partial charge in [-0.2, -0.15) is 0 Å². The van der Waals surface area contributed by atoms with E-state index in [0.29, 0.717) is 31.7 Å². The average molecular weight is 282 g/mol. The lowest BCUT2D eigenvalue weighted by molar-refractivity contribution is -0.300. The fourth-order valence-corrected chi connectivity index (χ4v) is 3.09. The van der Waals surface area contributed by atoms with Gasteiger partial charge in [0.05, 0.1) is 19.8 Å². The zero-order valence-corrected chi connectivity index (χ0v) is 12.4. The van der Waals surface area contributed by atoms with E-state index >= 15 is 0 Å². The maximum Gasteiger partial charge on any atom is 0.330 e. The Labute approximate surface area is 121 Å². The smallest absolute Gasteiger partial charge is 0.330 e. The molecule has 0 aromatic carbocycles. The summed E-state index contributed by atoms with van der Waals surface area (Å²) in [4.78, 5) is 11.2. The second kappa shape index (κ2) is 7.23. The second-order valence-corrected chi connectivity index (χ2v) is 5.86. The van der Waals surface area contributed by atoms with Gasteiger partial charge in [0, 0.05) is 30.8 Å². The third kappa shape index (κ3) is 3.83. The minimum absolute atomic E-state index is 0.292. The summed E-state index contributed by atoms with van der Waals surface area (Å²) in [5, 5.41) is 0. The number of carbonyl (C=O) groups excluding carboxylic acids is 1. The zero-order valence-electron chi connectivity index (χ0n) is 12.4. The van der Waals surface area contributed by atoms with Gasteiger partial charge in [-0.05, 0) is 19.3 Å². The largest absolute Gasteiger partial charge is 0.462 e. The van der Waals surface area contributed by atoms with E-state index in [0.717, 1.165) is 19.3 Å². The average Bonchev–Trinajstić information content (AvgIpc) is 2.50. The summed E-state index contributed by atoms with van der Waals surface area (Å²) in [7, 11) is 0. The molecule has 1 saturated heterocycles. The molecule has 2 fully saturated rings. The maximum atomic E-state index is 11.2. The standard InChI is InChI=1S/C16H26O4/c1-3-13(10-18-15(17)4-2)14-11-19-16(20-12-14)8-6-5-7-9-16/h4,13-14H,2-3,5-12H2,1H3. The van der Waals surface area contributed by atoms with Crippen LogP contribution in [-0.4, -0.2) is 31.6 Å². The third-order valence-corrected chi connectivity index (χ3v) is 4.53. The Morgan fingerprint density at radius 3 is 2.55 bits per heavy atom. The van der Waals surface area contributed by atoms with Gasteiger partial charge >= 0.3 is 5.97 Å². The molecule has 1 unspecified atom stereocenters. The number of ether oxygens (including phenoxy) is 3. The highest BCUT2D eigenvalue weighted by Gasteiger charge is 2.40. The summed E-state index contributed by atoms with van der Waals surface area (Å²) >= 11 is 0. The number of esters is 1. The molecular weight excluding hydrogens is 256 g/mol. The van der Waals surface area contributed by atoms with E-state index in [2.05, 4.69) is 13.5 Å². The molecular formula is C16H26O4. The van der Waals surface area contributed by atoms with Gasteiger partial charge in [-0.1, -0.05) is 19.9 Å². The van der Waals surface area contributed by atoms with Crippen LogP contribution in [0, 0.1) is 11.8 Å². The van der Waals surface area contributed by atoms with Gasteiger partial charge in [0.25, 0.3) is 0 Å². The van der Waals surface area contributed by atoms with Gasteiger partial charge in [0.2, 0.25) is 0 Å². The summed E-state index contributed by atoms with van der Waals surface area (Å²) in [6.07, 6.45) is 7.86. The minimum atomic E-state index is -0.357. The monoisotopic (exact) mass is 282 g/mol. The zero-order chi connectivity index (χ0) is 14.4. The third-order valence-electron chi connectivity index (χ3n) is 4.53. The van der Waals surface area contributed by atoms with Gasteiger partial charge in [0.15, 0.2) is 5.79 Å². The molecule has 20 heavy (non-hydrogen) atoms. The molecule has 2 aliphatic rings. The van der Waals surface area contributed by atoms with Crippen LogP contribution < -0.4 is 0 Å². The fraction of sp³-hybridized carbons (Fsp3) is 0.812. The molecule has 4 nitrogen and oxygen atoms in total. The minimum Gasteiger partial charge on any atom is -0.462 e. The maximum absolute atomic E-state index is 11.2. The van der Waals surface area contributed by atoms with Crippen LogP contribution in [-0.2, 0) is 19.0 Å². The summed E-state index contributed by atoms with van der Waals surface area (Å²) in [5.41, 5.74) is 0. The number of hydrogen-bond donors (Lipinski definition) is 0. The lowest BCUT2D eigenvalue weighted by Gasteiger charge is -2.44. The molecule has 1 spiro atoms. The van der Waals surface area contributed by atoms with Crippen LogP contribution >= 0.6 is 0 Å². The molecule has 1 atom stereocenters. The lowest BCUT2D eigenvalue weighted by Crippen LogP contribution is -2.47. The Hall–Kier alpha value is -0.870. The first-order chi connectivity index (χ1) is 9.69.